The summed E-state index contributed by atoms with van der Waals surface area (Å²) >= 11 is 15.8. The Kier molecular flexibility index (Phi) is 8.25. The van der Waals surface area contributed by atoms with Crippen molar-refractivity contribution in [3.05, 3.63) is 128 Å². The van der Waals surface area contributed by atoms with Crippen LogP contribution in [-0.4, -0.2) is 24.5 Å². The van der Waals surface area contributed by atoms with Crippen LogP contribution in [0, 0.1) is 0 Å². The van der Waals surface area contributed by atoms with E-state index in [4.69, 9.17) is 28.2 Å². The molecule has 6 rings (SSSR count). The topological polar surface area (TPSA) is 64.0 Å². The molecule has 1 N–H and O–H groups in total. The Morgan fingerprint density at radius 3 is 2.12 bits per heavy atom. The van der Waals surface area contributed by atoms with Gasteiger partial charge < -0.3 is 4.57 Å². The van der Waals surface area contributed by atoms with Gasteiger partial charge in [0.2, 0.25) is 10.0 Å². The first kappa shape index (κ1) is 28.4. The van der Waals surface area contributed by atoms with E-state index in [9.17, 15) is 8.42 Å². The lowest BCUT2D eigenvalue weighted by Crippen LogP contribution is -2.25. The summed E-state index contributed by atoms with van der Waals surface area (Å²) in [4.78, 5) is 5.26. The zero-order valence-electron chi connectivity index (χ0n) is 22.1. The molecule has 9 heteroatoms. The van der Waals surface area contributed by atoms with Crippen LogP contribution in [-0.2, 0) is 16.6 Å². The monoisotopic (exact) mass is 667 g/mol. The summed E-state index contributed by atoms with van der Waals surface area (Å²) in [6.07, 6.45) is 2.90. The lowest BCUT2D eigenvalue weighted by molar-refractivity contribution is 0.568. The average molecular weight is 669 g/mol. The quantitative estimate of drug-likeness (QED) is 0.120. The first-order valence-corrected chi connectivity index (χ1v) is 16.6. The maximum absolute atomic E-state index is 12.8. The van der Waals surface area contributed by atoms with Crippen LogP contribution < -0.4 is 4.72 Å². The summed E-state index contributed by atoms with van der Waals surface area (Å²) < 4.78 is 31.4. The SMILES string of the molecule is O=S(=O)(NCCCn1c(C2CC2)nc2ccc(C(c3ccc(Cl)cc3)c3ccc(Cl)cc3)cc21)c1cccc(Br)c1. The fourth-order valence-electron chi connectivity index (χ4n) is 5.28. The number of benzene rings is 4. The number of nitrogens with one attached hydrogen (secondary N) is 1. The van der Waals surface area contributed by atoms with Crippen molar-refractivity contribution in [1.82, 2.24) is 14.3 Å². The third-order valence-corrected chi connectivity index (χ3v) is 9.90. The van der Waals surface area contributed by atoms with E-state index in [0.29, 0.717) is 35.5 Å². The van der Waals surface area contributed by atoms with Crippen LogP contribution in [0.5, 0.6) is 0 Å². The summed E-state index contributed by atoms with van der Waals surface area (Å²) in [5, 5.41) is 1.39. The van der Waals surface area contributed by atoms with Crippen molar-refractivity contribution in [2.45, 2.75) is 42.5 Å². The van der Waals surface area contributed by atoms with Gasteiger partial charge in [-0.05, 0) is 90.6 Å². The molecule has 0 saturated heterocycles. The largest absolute Gasteiger partial charge is 0.328 e. The summed E-state index contributed by atoms with van der Waals surface area (Å²) in [6.45, 7) is 0.996. The fourth-order valence-corrected chi connectivity index (χ4v) is 7.20. The smallest absolute Gasteiger partial charge is 0.240 e. The van der Waals surface area contributed by atoms with Crippen LogP contribution in [0.25, 0.3) is 11.0 Å². The zero-order chi connectivity index (χ0) is 28.6. The van der Waals surface area contributed by atoms with Crippen molar-refractivity contribution in [1.29, 1.82) is 0 Å². The number of imidazole rings is 1. The molecule has 0 bridgehead atoms. The van der Waals surface area contributed by atoms with Crippen LogP contribution in [0.4, 0.5) is 0 Å². The van der Waals surface area contributed by atoms with E-state index in [1.807, 2.05) is 24.3 Å². The van der Waals surface area contributed by atoms with Gasteiger partial charge in [-0.3, -0.25) is 0 Å². The fraction of sp³-hybridized carbons (Fsp3) is 0.219. The maximum atomic E-state index is 12.8. The van der Waals surface area contributed by atoms with Crippen molar-refractivity contribution >= 4 is 60.2 Å². The Labute approximate surface area is 258 Å². The molecule has 1 aliphatic rings. The maximum Gasteiger partial charge on any atom is 0.240 e. The third-order valence-electron chi connectivity index (χ3n) is 7.44. The lowest BCUT2D eigenvalue weighted by Gasteiger charge is -2.20. The van der Waals surface area contributed by atoms with E-state index in [1.165, 1.54) is 0 Å². The van der Waals surface area contributed by atoms with Crippen LogP contribution >= 0.6 is 39.1 Å². The van der Waals surface area contributed by atoms with Gasteiger partial charge in [0.25, 0.3) is 0 Å². The van der Waals surface area contributed by atoms with E-state index in [-0.39, 0.29) is 10.8 Å². The summed E-state index contributed by atoms with van der Waals surface area (Å²) in [5.41, 5.74) is 5.42. The van der Waals surface area contributed by atoms with Crippen molar-refractivity contribution < 1.29 is 8.42 Å². The number of rotatable bonds is 10. The molecule has 1 saturated carbocycles. The van der Waals surface area contributed by atoms with Crippen LogP contribution in [0.15, 0.2) is 100 Å². The molecule has 210 valence electrons. The van der Waals surface area contributed by atoms with Gasteiger partial charge in [0.1, 0.15) is 5.82 Å². The average Bonchev–Trinajstić information content (AvgIpc) is 3.75. The van der Waals surface area contributed by atoms with Crippen molar-refractivity contribution in [3.8, 4) is 0 Å². The Hall–Kier alpha value is -2.68. The molecule has 5 nitrogen and oxygen atoms in total. The number of fused-ring (bicyclic) bond motifs is 1. The first-order valence-electron chi connectivity index (χ1n) is 13.5. The number of aryl methyl sites for hydroxylation is 1. The molecule has 1 aromatic heterocycles. The molecule has 1 fully saturated rings. The normalized spacial score (nSPS) is 13.8. The molecular formula is C32H28BrCl2N3O2S. The van der Waals surface area contributed by atoms with Gasteiger partial charge >= 0.3 is 0 Å². The first-order chi connectivity index (χ1) is 19.8. The highest BCUT2D eigenvalue weighted by atomic mass is 79.9. The minimum absolute atomic E-state index is 0.0151. The molecule has 1 heterocycles. The number of sulfonamides is 1. The van der Waals surface area contributed by atoms with Gasteiger partial charge in [0.05, 0.1) is 15.9 Å². The van der Waals surface area contributed by atoms with E-state index < -0.39 is 10.0 Å². The number of hydrogen-bond donors (Lipinski definition) is 1. The summed E-state index contributed by atoms with van der Waals surface area (Å²) in [7, 11) is -3.59. The molecule has 4 aromatic carbocycles. The minimum atomic E-state index is -3.59. The number of halogens is 3. The van der Waals surface area contributed by atoms with E-state index >= 15 is 0 Å². The molecule has 0 radical (unpaired) electrons. The third kappa shape index (κ3) is 6.40. The highest BCUT2D eigenvalue weighted by Gasteiger charge is 2.30. The van der Waals surface area contributed by atoms with Gasteiger partial charge in [0, 0.05) is 39.4 Å². The van der Waals surface area contributed by atoms with Crippen LogP contribution in [0.3, 0.4) is 0 Å². The minimum Gasteiger partial charge on any atom is -0.328 e. The lowest BCUT2D eigenvalue weighted by atomic mass is 9.85. The van der Waals surface area contributed by atoms with Gasteiger partial charge in [-0.15, -0.1) is 0 Å². The Morgan fingerprint density at radius 2 is 1.51 bits per heavy atom. The second-order valence-electron chi connectivity index (χ2n) is 10.4. The standard InChI is InChI=1S/C32H28BrCl2N3O2S/c33-25-3-1-4-28(20-25)41(39,40)36-17-2-18-38-30-19-24(11-16-29(30)37-32(38)23-5-6-23)31(21-7-12-26(34)13-8-21)22-9-14-27(35)15-10-22/h1,3-4,7-16,19-20,23,31,36H,2,5-6,17-18H2. The predicted octanol–water partition coefficient (Wildman–Crippen LogP) is 8.53. The number of hydrogen-bond acceptors (Lipinski definition) is 3. The van der Waals surface area contributed by atoms with Crippen LogP contribution in [0.2, 0.25) is 10.0 Å². The van der Waals surface area contributed by atoms with E-state index in [2.05, 4.69) is 67.7 Å². The van der Waals surface area contributed by atoms with Gasteiger partial charge in [-0.25, -0.2) is 18.1 Å². The molecule has 0 amide bonds. The Balaban J connectivity index is 1.31. The van der Waals surface area contributed by atoms with Gasteiger partial charge in [0.15, 0.2) is 0 Å². The predicted molar refractivity (Wildman–Crippen MR) is 170 cm³/mol. The number of aromatic nitrogens is 2. The highest BCUT2D eigenvalue weighted by molar-refractivity contribution is 9.10. The van der Waals surface area contributed by atoms with Crippen molar-refractivity contribution in [2.75, 3.05) is 6.54 Å². The molecule has 41 heavy (non-hydrogen) atoms. The molecule has 0 spiro atoms. The second kappa shape index (κ2) is 11.9. The molecule has 1 aliphatic carbocycles. The molecule has 0 unspecified atom stereocenters. The van der Waals surface area contributed by atoms with E-state index in [0.717, 1.165) is 50.9 Å². The molecule has 5 aromatic rings. The van der Waals surface area contributed by atoms with Crippen molar-refractivity contribution in [3.63, 3.8) is 0 Å². The molecule has 0 aliphatic heterocycles. The summed E-state index contributed by atoms with van der Waals surface area (Å²) in [6, 6.07) is 29.2. The van der Waals surface area contributed by atoms with Gasteiger partial charge in [-0.2, -0.15) is 0 Å². The highest BCUT2D eigenvalue weighted by Crippen LogP contribution is 2.42. The van der Waals surface area contributed by atoms with Gasteiger partial charge in [-0.1, -0.05) is 75.5 Å². The zero-order valence-corrected chi connectivity index (χ0v) is 26.0. The Bertz CT molecular complexity index is 1760. The van der Waals surface area contributed by atoms with Crippen molar-refractivity contribution in [2.24, 2.45) is 0 Å². The van der Waals surface area contributed by atoms with E-state index in [1.54, 1.807) is 24.3 Å². The second-order valence-corrected chi connectivity index (χ2v) is 13.9. The number of nitrogens with zero attached hydrogens (tertiary/aromatic N) is 2. The van der Waals surface area contributed by atoms with Crippen LogP contribution in [0.1, 0.15) is 53.6 Å². The summed E-state index contributed by atoms with van der Waals surface area (Å²) in [5.74, 6) is 1.52. The Morgan fingerprint density at radius 1 is 0.878 bits per heavy atom. The molecule has 0 atom stereocenters. The molecular weight excluding hydrogens is 641 g/mol.